The van der Waals surface area contributed by atoms with Gasteiger partial charge >= 0.3 is 0 Å². The Hall–Kier alpha value is -3.93. The van der Waals surface area contributed by atoms with E-state index in [0.29, 0.717) is 17.7 Å². The highest BCUT2D eigenvalue weighted by atomic mass is 16.2. The fourth-order valence-electron chi connectivity index (χ4n) is 5.09. The zero-order valence-corrected chi connectivity index (χ0v) is 18.2. The van der Waals surface area contributed by atoms with Crippen LogP contribution in [0.2, 0.25) is 0 Å². The fourth-order valence-corrected chi connectivity index (χ4v) is 5.09. The van der Waals surface area contributed by atoms with Gasteiger partial charge in [-0.2, -0.15) is 0 Å². The molecule has 2 aromatic carbocycles. The summed E-state index contributed by atoms with van der Waals surface area (Å²) in [5.41, 5.74) is 7.70. The number of aryl methyl sites for hydroxylation is 2. The first kappa shape index (κ1) is 19.7. The predicted octanol–water partition coefficient (Wildman–Crippen LogP) is 4.90. The Labute approximate surface area is 191 Å². The van der Waals surface area contributed by atoms with Crippen molar-refractivity contribution in [2.75, 3.05) is 16.8 Å². The summed E-state index contributed by atoms with van der Waals surface area (Å²) < 4.78 is 0. The molecule has 4 aromatic rings. The third kappa shape index (κ3) is 3.48. The molecule has 1 aliphatic heterocycles. The molecule has 0 fully saturated rings. The molecule has 0 saturated carbocycles. The molecule has 0 spiro atoms. The third-order valence-electron chi connectivity index (χ3n) is 6.75. The van der Waals surface area contributed by atoms with E-state index in [1.54, 1.807) is 29.4 Å². The highest BCUT2D eigenvalue weighted by Crippen LogP contribution is 2.33. The lowest BCUT2D eigenvalue weighted by molar-refractivity contribution is 0.0987. The summed E-state index contributed by atoms with van der Waals surface area (Å²) >= 11 is 0. The van der Waals surface area contributed by atoms with Gasteiger partial charge in [0.1, 0.15) is 0 Å². The van der Waals surface area contributed by atoms with Gasteiger partial charge in [-0.1, -0.05) is 0 Å². The third-order valence-corrected chi connectivity index (χ3v) is 6.75. The van der Waals surface area contributed by atoms with E-state index in [9.17, 15) is 9.59 Å². The van der Waals surface area contributed by atoms with Gasteiger partial charge in [-0.05, 0) is 91.8 Å². The normalized spacial score (nSPS) is 14.7. The Morgan fingerprint density at radius 2 is 1.88 bits per heavy atom. The van der Waals surface area contributed by atoms with Crippen molar-refractivity contribution in [2.24, 2.45) is 0 Å². The number of pyridine rings is 1. The molecule has 2 aliphatic rings. The molecule has 2 N–H and O–H groups in total. The zero-order valence-electron chi connectivity index (χ0n) is 18.2. The van der Waals surface area contributed by atoms with Gasteiger partial charge in [-0.3, -0.25) is 14.6 Å². The number of nitrogens with zero attached hydrogens (tertiary/aromatic N) is 2. The molecule has 6 nitrogen and oxygen atoms in total. The lowest BCUT2D eigenvalue weighted by Gasteiger charge is -2.17. The number of carbonyl (C=O) groups excluding carboxylic acids is 2. The number of carbonyl (C=O) groups is 2. The topological polar surface area (TPSA) is 78.1 Å². The van der Waals surface area contributed by atoms with E-state index in [0.717, 1.165) is 47.1 Å². The molecule has 0 saturated heterocycles. The number of fused-ring (bicyclic) bond motifs is 4. The molecular weight excluding hydrogens is 412 g/mol. The van der Waals surface area contributed by atoms with E-state index in [-0.39, 0.29) is 11.8 Å². The molecule has 2 aromatic heterocycles. The number of benzene rings is 2. The fraction of sp³-hybridized carbons (Fsp3) is 0.222. The van der Waals surface area contributed by atoms with Crippen LogP contribution in [0.4, 0.5) is 11.4 Å². The average molecular weight is 437 g/mol. The van der Waals surface area contributed by atoms with E-state index < -0.39 is 0 Å². The quantitative estimate of drug-likeness (QED) is 0.480. The van der Waals surface area contributed by atoms with Crippen molar-refractivity contribution in [1.82, 2.24) is 9.97 Å². The lowest BCUT2D eigenvalue weighted by atomic mass is 9.95. The Balaban J connectivity index is 1.22. The molecule has 6 heteroatoms. The van der Waals surface area contributed by atoms with Crippen molar-refractivity contribution in [1.29, 1.82) is 0 Å². The van der Waals surface area contributed by atoms with Crippen molar-refractivity contribution < 1.29 is 9.59 Å². The van der Waals surface area contributed by atoms with Gasteiger partial charge in [0.2, 0.25) is 0 Å². The zero-order chi connectivity index (χ0) is 22.4. The predicted molar refractivity (Wildman–Crippen MR) is 129 cm³/mol. The van der Waals surface area contributed by atoms with Crippen LogP contribution in [0.1, 0.15) is 50.4 Å². The first-order valence-corrected chi connectivity index (χ1v) is 11.5. The van der Waals surface area contributed by atoms with Gasteiger partial charge in [-0.25, -0.2) is 0 Å². The second-order valence-electron chi connectivity index (χ2n) is 8.80. The van der Waals surface area contributed by atoms with E-state index in [2.05, 4.69) is 15.3 Å². The number of aromatic nitrogens is 2. The van der Waals surface area contributed by atoms with Gasteiger partial charge in [-0.15, -0.1) is 0 Å². The Kier molecular flexibility index (Phi) is 4.72. The van der Waals surface area contributed by atoms with E-state index in [1.807, 2.05) is 36.4 Å². The van der Waals surface area contributed by atoms with Crippen molar-refractivity contribution in [3.63, 3.8) is 0 Å². The highest BCUT2D eigenvalue weighted by molar-refractivity contribution is 6.08. The number of rotatable bonds is 3. The van der Waals surface area contributed by atoms with Crippen LogP contribution >= 0.6 is 0 Å². The van der Waals surface area contributed by atoms with Crippen LogP contribution < -0.4 is 10.2 Å². The number of hydrogen-bond donors (Lipinski definition) is 2. The van der Waals surface area contributed by atoms with Gasteiger partial charge in [0.05, 0.1) is 5.56 Å². The van der Waals surface area contributed by atoms with Crippen molar-refractivity contribution in [3.05, 3.63) is 88.9 Å². The Morgan fingerprint density at radius 1 is 0.970 bits per heavy atom. The minimum atomic E-state index is -0.121. The molecule has 0 bridgehead atoms. The molecule has 0 unspecified atom stereocenters. The maximum absolute atomic E-state index is 13.0. The van der Waals surface area contributed by atoms with Crippen LogP contribution in [0, 0.1) is 0 Å². The van der Waals surface area contributed by atoms with Crippen LogP contribution in [0.3, 0.4) is 0 Å². The summed E-state index contributed by atoms with van der Waals surface area (Å²) in [6.45, 7) is 0.621. The maximum atomic E-state index is 13.0. The Bertz CT molecular complexity index is 1390. The number of hydrogen-bond acceptors (Lipinski definition) is 3. The SMILES string of the molecule is O=C(Nc1ccc2c(c1)CCN2C(=O)c1cccnc1)c1ccc2[nH]c3c(c2c1)CCCC3. The molecule has 0 radical (unpaired) electrons. The summed E-state index contributed by atoms with van der Waals surface area (Å²) in [7, 11) is 0. The van der Waals surface area contributed by atoms with Gasteiger partial charge in [0, 0.05) is 52.5 Å². The molecule has 0 atom stereocenters. The number of nitrogens with one attached hydrogen (secondary N) is 2. The first-order chi connectivity index (χ1) is 16.2. The largest absolute Gasteiger partial charge is 0.358 e. The number of H-pyrrole nitrogens is 1. The van der Waals surface area contributed by atoms with Crippen LogP contribution in [0.15, 0.2) is 60.9 Å². The van der Waals surface area contributed by atoms with Gasteiger partial charge in [0.25, 0.3) is 11.8 Å². The van der Waals surface area contributed by atoms with Crippen molar-refractivity contribution >= 4 is 34.1 Å². The standard InChI is InChI=1S/C27H24N4O2/c32-26(18-7-9-24-22(15-18)21-5-1-2-6-23(21)30-24)29-20-8-10-25-17(14-20)11-13-31(25)27(33)19-4-3-12-28-16-19/h3-4,7-10,12,14-16,30H,1-2,5-6,11,13H2,(H,29,32). The maximum Gasteiger partial charge on any atom is 0.259 e. The average Bonchev–Trinajstić information content (AvgIpc) is 3.44. The summed E-state index contributed by atoms with van der Waals surface area (Å²) in [4.78, 5) is 35.2. The second-order valence-corrected chi connectivity index (χ2v) is 8.80. The van der Waals surface area contributed by atoms with E-state index in [1.165, 1.54) is 24.1 Å². The molecule has 3 heterocycles. The smallest absolute Gasteiger partial charge is 0.259 e. The van der Waals surface area contributed by atoms with E-state index >= 15 is 0 Å². The van der Waals surface area contributed by atoms with Crippen LogP contribution in [0.5, 0.6) is 0 Å². The minimum Gasteiger partial charge on any atom is -0.358 e. The monoisotopic (exact) mass is 436 g/mol. The summed E-state index contributed by atoms with van der Waals surface area (Å²) in [5.74, 6) is -0.175. The van der Waals surface area contributed by atoms with Crippen molar-refractivity contribution in [2.45, 2.75) is 32.1 Å². The molecule has 164 valence electrons. The highest BCUT2D eigenvalue weighted by Gasteiger charge is 2.26. The molecular formula is C27H24N4O2. The second kappa shape index (κ2) is 7.89. The first-order valence-electron chi connectivity index (χ1n) is 11.5. The molecule has 6 rings (SSSR count). The Morgan fingerprint density at radius 3 is 2.76 bits per heavy atom. The molecule has 33 heavy (non-hydrogen) atoms. The van der Waals surface area contributed by atoms with Crippen molar-refractivity contribution in [3.8, 4) is 0 Å². The summed E-state index contributed by atoms with van der Waals surface area (Å²) in [6.07, 6.45) is 8.58. The number of anilines is 2. The van der Waals surface area contributed by atoms with Gasteiger partial charge in [0.15, 0.2) is 0 Å². The number of aromatic amines is 1. The van der Waals surface area contributed by atoms with E-state index in [4.69, 9.17) is 0 Å². The minimum absolute atomic E-state index is 0.0539. The summed E-state index contributed by atoms with van der Waals surface area (Å²) in [6, 6.07) is 15.2. The van der Waals surface area contributed by atoms with Gasteiger partial charge < -0.3 is 15.2 Å². The number of amides is 2. The molecule has 1 aliphatic carbocycles. The lowest BCUT2D eigenvalue weighted by Crippen LogP contribution is -2.28. The van der Waals surface area contributed by atoms with Crippen LogP contribution in [-0.4, -0.2) is 28.3 Å². The molecule has 2 amide bonds. The van der Waals surface area contributed by atoms with Crippen LogP contribution in [0.25, 0.3) is 10.9 Å². The van der Waals surface area contributed by atoms with Crippen LogP contribution in [-0.2, 0) is 19.3 Å². The summed E-state index contributed by atoms with van der Waals surface area (Å²) in [5, 5.41) is 4.20.